The van der Waals surface area contributed by atoms with Gasteiger partial charge < -0.3 is 10.4 Å². The predicted molar refractivity (Wildman–Crippen MR) is 68.3 cm³/mol. The molecule has 2 rings (SSSR count). The highest BCUT2D eigenvalue weighted by Gasteiger charge is 2.10. The summed E-state index contributed by atoms with van der Waals surface area (Å²) in [5.41, 5.74) is 3.27. The number of nitrogens with one attached hydrogen (secondary N) is 1. The van der Waals surface area contributed by atoms with Crippen LogP contribution in [0.1, 0.15) is 21.6 Å². The van der Waals surface area contributed by atoms with Gasteiger partial charge >= 0.3 is 5.97 Å². The third-order valence-corrected chi connectivity index (χ3v) is 3.19. The Morgan fingerprint density at radius 2 is 2.00 bits per heavy atom. The van der Waals surface area contributed by atoms with Gasteiger partial charge in [0.2, 0.25) is 0 Å². The summed E-state index contributed by atoms with van der Waals surface area (Å²) in [5.74, 6) is -1.00. The van der Waals surface area contributed by atoms with E-state index in [1.165, 1.54) is 16.7 Å². The van der Waals surface area contributed by atoms with Crippen molar-refractivity contribution in [2.24, 2.45) is 0 Å². The summed E-state index contributed by atoms with van der Waals surface area (Å²) in [6.07, 6.45) is 0. The molecule has 1 aromatic carbocycles. The molecule has 88 valence electrons. The molecule has 0 unspecified atom stereocenters. The second-order valence-corrected chi connectivity index (χ2v) is 4.59. The normalized spacial score (nSPS) is 10.2. The average Bonchev–Trinajstić information content (AvgIpc) is 2.72. The highest BCUT2D eigenvalue weighted by atomic mass is 32.1. The number of carbonyl (C=O) groups is 1. The van der Waals surface area contributed by atoms with Crippen molar-refractivity contribution in [3.8, 4) is 0 Å². The molecule has 0 amide bonds. The smallest absolute Gasteiger partial charge is 0.355 e. The first-order chi connectivity index (χ1) is 8.08. The molecule has 0 aliphatic rings. The summed E-state index contributed by atoms with van der Waals surface area (Å²) in [4.78, 5) is 14.7. The van der Waals surface area contributed by atoms with Crippen molar-refractivity contribution in [3.63, 3.8) is 0 Å². The summed E-state index contributed by atoms with van der Waals surface area (Å²) in [6.45, 7) is 4.00. The zero-order chi connectivity index (χ0) is 12.4. The molecule has 1 aromatic heterocycles. The standard InChI is InChI=1S/C12H12N2O2S/c1-7-4-3-5-8(2)10(7)14-12-13-9(6-17-12)11(15)16/h3-6H,1-2H3,(H,13,14)(H,15,16). The Balaban J connectivity index is 2.28. The highest BCUT2D eigenvalue weighted by Crippen LogP contribution is 2.26. The molecular formula is C12H12N2O2S. The van der Waals surface area contributed by atoms with Gasteiger partial charge in [-0.2, -0.15) is 0 Å². The van der Waals surface area contributed by atoms with Crippen molar-refractivity contribution < 1.29 is 9.90 Å². The summed E-state index contributed by atoms with van der Waals surface area (Å²) < 4.78 is 0. The van der Waals surface area contributed by atoms with Gasteiger partial charge in [-0.3, -0.25) is 0 Å². The van der Waals surface area contributed by atoms with Gasteiger partial charge in [0.25, 0.3) is 0 Å². The molecule has 0 radical (unpaired) electrons. The number of aryl methyl sites for hydroxylation is 2. The number of rotatable bonds is 3. The average molecular weight is 248 g/mol. The largest absolute Gasteiger partial charge is 0.476 e. The van der Waals surface area contributed by atoms with E-state index >= 15 is 0 Å². The van der Waals surface area contributed by atoms with Crippen LogP contribution in [0, 0.1) is 13.8 Å². The molecule has 0 saturated heterocycles. The number of anilines is 2. The van der Waals surface area contributed by atoms with E-state index in [0.717, 1.165) is 16.8 Å². The first-order valence-electron chi connectivity index (χ1n) is 5.10. The van der Waals surface area contributed by atoms with Crippen molar-refractivity contribution in [2.75, 3.05) is 5.32 Å². The maximum absolute atomic E-state index is 10.7. The lowest BCUT2D eigenvalue weighted by Gasteiger charge is -2.09. The van der Waals surface area contributed by atoms with Crippen molar-refractivity contribution in [1.29, 1.82) is 0 Å². The second kappa shape index (κ2) is 4.55. The van der Waals surface area contributed by atoms with Crippen LogP contribution in [0.2, 0.25) is 0 Å². The van der Waals surface area contributed by atoms with Crippen LogP contribution in [0.4, 0.5) is 10.8 Å². The Hall–Kier alpha value is -1.88. The number of hydrogen-bond acceptors (Lipinski definition) is 4. The molecule has 2 N–H and O–H groups in total. The molecule has 0 atom stereocenters. The maximum atomic E-state index is 10.7. The Morgan fingerprint density at radius 1 is 1.35 bits per heavy atom. The van der Waals surface area contributed by atoms with Gasteiger partial charge in [0.05, 0.1) is 0 Å². The molecule has 0 saturated carbocycles. The van der Waals surface area contributed by atoms with E-state index in [-0.39, 0.29) is 5.69 Å². The first-order valence-corrected chi connectivity index (χ1v) is 5.98. The minimum Gasteiger partial charge on any atom is -0.476 e. The van der Waals surface area contributed by atoms with Gasteiger partial charge in [-0.1, -0.05) is 18.2 Å². The fraction of sp³-hybridized carbons (Fsp3) is 0.167. The lowest BCUT2D eigenvalue weighted by atomic mass is 10.1. The third kappa shape index (κ3) is 2.45. The van der Waals surface area contributed by atoms with E-state index in [2.05, 4.69) is 10.3 Å². The number of para-hydroxylation sites is 1. The van der Waals surface area contributed by atoms with Gasteiger partial charge in [-0.15, -0.1) is 11.3 Å². The van der Waals surface area contributed by atoms with Gasteiger partial charge in [-0.05, 0) is 25.0 Å². The summed E-state index contributed by atoms with van der Waals surface area (Å²) >= 11 is 1.29. The van der Waals surface area contributed by atoms with Crippen LogP contribution in [-0.2, 0) is 0 Å². The van der Waals surface area contributed by atoms with E-state index in [1.54, 1.807) is 0 Å². The number of aromatic nitrogens is 1. The number of carboxylic acids is 1. The molecule has 2 aromatic rings. The van der Waals surface area contributed by atoms with Crippen LogP contribution >= 0.6 is 11.3 Å². The van der Waals surface area contributed by atoms with Crippen molar-refractivity contribution >= 4 is 28.1 Å². The van der Waals surface area contributed by atoms with Crippen LogP contribution in [0.25, 0.3) is 0 Å². The fourth-order valence-corrected chi connectivity index (χ4v) is 2.24. The summed E-state index contributed by atoms with van der Waals surface area (Å²) in [7, 11) is 0. The van der Waals surface area contributed by atoms with Gasteiger partial charge in [-0.25, -0.2) is 9.78 Å². The number of benzene rings is 1. The van der Waals surface area contributed by atoms with Gasteiger partial charge in [0.1, 0.15) is 0 Å². The zero-order valence-corrected chi connectivity index (χ0v) is 10.3. The van der Waals surface area contributed by atoms with Gasteiger partial charge in [0, 0.05) is 11.1 Å². The Morgan fingerprint density at radius 3 is 2.53 bits per heavy atom. The Kier molecular flexibility index (Phi) is 3.10. The fourth-order valence-electron chi connectivity index (χ4n) is 1.55. The zero-order valence-electron chi connectivity index (χ0n) is 9.52. The number of nitrogens with zero attached hydrogens (tertiary/aromatic N) is 1. The van der Waals surface area contributed by atoms with Crippen LogP contribution in [0.3, 0.4) is 0 Å². The number of thiazole rings is 1. The lowest BCUT2D eigenvalue weighted by Crippen LogP contribution is -1.98. The van der Waals surface area contributed by atoms with E-state index < -0.39 is 5.97 Å². The molecule has 1 heterocycles. The predicted octanol–water partition coefficient (Wildman–Crippen LogP) is 3.20. The van der Waals surface area contributed by atoms with Crippen LogP contribution < -0.4 is 5.32 Å². The molecule has 5 heteroatoms. The summed E-state index contributed by atoms with van der Waals surface area (Å²) in [5, 5.41) is 14.1. The summed E-state index contributed by atoms with van der Waals surface area (Å²) in [6, 6.07) is 5.99. The SMILES string of the molecule is Cc1cccc(C)c1Nc1nc(C(=O)O)cs1. The third-order valence-electron chi connectivity index (χ3n) is 2.44. The van der Waals surface area contributed by atoms with Crippen molar-refractivity contribution in [3.05, 3.63) is 40.4 Å². The molecule has 0 spiro atoms. The minimum atomic E-state index is -1.00. The molecule has 0 aliphatic carbocycles. The number of aromatic carboxylic acids is 1. The first kappa shape index (κ1) is 11.6. The van der Waals surface area contributed by atoms with E-state index in [4.69, 9.17) is 5.11 Å². The van der Waals surface area contributed by atoms with E-state index in [9.17, 15) is 4.79 Å². The molecule has 17 heavy (non-hydrogen) atoms. The highest BCUT2D eigenvalue weighted by molar-refractivity contribution is 7.14. The molecule has 0 aliphatic heterocycles. The maximum Gasteiger partial charge on any atom is 0.355 e. The Labute approximate surface area is 103 Å². The Bertz CT molecular complexity index is 543. The van der Waals surface area contributed by atoms with Crippen molar-refractivity contribution in [1.82, 2.24) is 4.98 Å². The number of carboxylic acid groups (broad SMARTS) is 1. The van der Waals surface area contributed by atoms with Crippen molar-refractivity contribution in [2.45, 2.75) is 13.8 Å². The molecule has 4 nitrogen and oxygen atoms in total. The van der Waals surface area contributed by atoms with Crippen LogP contribution in [-0.4, -0.2) is 16.1 Å². The lowest BCUT2D eigenvalue weighted by molar-refractivity contribution is 0.0691. The number of hydrogen-bond donors (Lipinski definition) is 2. The van der Waals surface area contributed by atoms with Crippen LogP contribution in [0.5, 0.6) is 0 Å². The van der Waals surface area contributed by atoms with Crippen LogP contribution in [0.15, 0.2) is 23.6 Å². The quantitative estimate of drug-likeness (QED) is 0.875. The monoisotopic (exact) mass is 248 g/mol. The van der Waals surface area contributed by atoms with E-state index in [0.29, 0.717) is 5.13 Å². The molecule has 0 fully saturated rings. The molecular weight excluding hydrogens is 236 g/mol. The second-order valence-electron chi connectivity index (χ2n) is 3.73. The minimum absolute atomic E-state index is 0.0729. The van der Waals surface area contributed by atoms with Gasteiger partial charge in [0.15, 0.2) is 10.8 Å². The topological polar surface area (TPSA) is 62.2 Å². The molecule has 0 bridgehead atoms. The van der Waals surface area contributed by atoms with E-state index in [1.807, 2.05) is 32.0 Å².